The summed E-state index contributed by atoms with van der Waals surface area (Å²) in [5.41, 5.74) is 3.28. The van der Waals surface area contributed by atoms with Gasteiger partial charge in [0.05, 0.1) is 5.56 Å². The Bertz CT molecular complexity index is 605. The molecule has 2 N–H and O–H groups in total. The van der Waals surface area contributed by atoms with Crippen molar-refractivity contribution < 1.29 is 35.1 Å². The van der Waals surface area contributed by atoms with Crippen LogP contribution in [0.3, 0.4) is 0 Å². The fourth-order valence-corrected chi connectivity index (χ4v) is 1.98. The summed E-state index contributed by atoms with van der Waals surface area (Å²) < 4.78 is 87.3. The fourth-order valence-electron chi connectivity index (χ4n) is 1.27. The molecule has 0 radical (unpaired) electrons. The van der Waals surface area contributed by atoms with Crippen LogP contribution in [-0.4, -0.2) is 19.8 Å². The van der Waals surface area contributed by atoms with Gasteiger partial charge in [-0.15, -0.1) is 13.2 Å². The zero-order valence-electron chi connectivity index (χ0n) is 9.29. The third kappa shape index (κ3) is 4.15. The maximum absolute atomic E-state index is 12.8. The van der Waals surface area contributed by atoms with Crippen LogP contribution in [0.4, 0.5) is 22.0 Å². The minimum atomic E-state index is -5.34. The van der Waals surface area contributed by atoms with Gasteiger partial charge in [-0.3, -0.25) is 0 Å². The van der Waals surface area contributed by atoms with Gasteiger partial charge in [0.15, 0.2) is 5.03 Å². The highest BCUT2D eigenvalue weighted by molar-refractivity contribution is 8.13. The first-order valence-electron chi connectivity index (χ1n) is 4.68. The summed E-state index contributed by atoms with van der Waals surface area (Å²) in [6.45, 7) is -0.657. The summed E-state index contributed by atoms with van der Waals surface area (Å²) in [5.74, 6) is -1.60. The molecule has 20 heavy (non-hydrogen) atoms. The molecular formula is C8H6ClF5N2O3S. The molecule has 0 unspecified atom stereocenters. The normalized spacial score (nSPS) is 12.8. The first kappa shape index (κ1) is 16.9. The van der Waals surface area contributed by atoms with Crippen molar-refractivity contribution in [2.24, 2.45) is 5.73 Å². The van der Waals surface area contributed by atoms with Crippen LogP contribution in [-0.2, 0) is 15.6 Å². The number of ether oxygens (including phenoxy) is 1. The van der Waals surface area contributed by atoms with Crippen LogP contribution in [0, 0.1) is 0 Å². The second kappa shape index (κ2) is 5.66. The number of nitrogens with zero attached hydrogens (tertiary/aromatic N) is 1. The maximum Gasteiger partial charge on any atom is 0.574 e. The summed E-state index contributed by atoms with van der Waals surface area (Å²) in [7, 11) is 0.365. The molecule has 0 aliphatic heterocycles. The summed E-state index contributed by atoms with van der Waals surface area (Å²) in [5, 5.41) is -1.07. The van der Waals surface area contributed by atoms with Gasteiger partial charge < -0.3 is 10.5 Å². The van der Waals surface area contributed by atoms with E-state index < -0.39 is 50.4 Å². The van der Waals surface area contributed by atoms with Crippen molar-refractivity contribution in [2.75, 3.05) is 0 Å². The van der Waals surface area contributed by atoms with Gasteiger partial charge in [-0.05, 0) is 11.6 Å². The molecule has 1 aromatic rings. The molecule has 12 heteroatoms. The molecule has 0 amide bonds. The Balaban J connectivity index is 3.58. The van der Waals surface area contributed by atoms with Crippen molar-refractivity contribution in [3.05, 3.63) is 17.2 Å². The van der Waals surface area contributed by atoms with Crippen LogP contribution in [0.25, 0.3) is 0 Å². The Morgan fingerprint density at radius 3 is 2.30 bits per heavy atom. The molecule has 5 nitrogen and oxygen atoms in total. The van der Waals surface area contributed by atoms with Gasteiger partial charge in [0.2, 0.25) is 5.88 Å². The van der Waals surface area contributed by atoms with Gasteiger partial charge in [0, 0.05) is 17.2 Å². The Morgan fingerprint density at radius 2 is 1.95 bits per heavy atom. The summed E-state index contributed by atoms with van der Waals surface area (Å²) in [4.78, 5) is 2.86. The van der Waals surface area contributed by atoms with E-state index in [9.17, 15) is 30.4 Å². The molecule has 1 rings (SSSR count). The lowest BCUT2D eigenvalue weighted by molar-refractivity contribution is -0.276. The molecule has 0 aromatic carbocycles. The molecule has 1 aromatic heterocycles. The largest absolute Gasteiger partial charge is 0.574 e. The van der Waals surface area contributed by atoms with Gasteiger partial charge in [0.25, 0.3) is 15.5 Å². The van der Waals surface area contributed by atoms with Gasteiger partial charge >= 0.3 is 6.36 Å². The summed E-state index contributed by atoms with van der Waals surface area (Å²) >= 11 is 0. The topological polar surface area (TPSA) is 82.3 Å². The number of hydrogen-bond donors (Lipinski definition) is 1. The lowest BCUT2D eigenvalue weighted by Gasteiger charge is -2.15. The number of rotatable bonds is 4. The number of nitrogens with two attached hydrogens (primary N) is 1. The minimum Gasteiger partial charge on any atom is -0.387 e. The SMILES string of the molecule is NCc1cc(S(=O)(=O)Cl)nc(OC(F)(F)F)c1C(F)F. The second-order valence-corrected chi connectivity index (χ2v) is 5.84. The molecular weight excluding hydrogens is 335 g/mol. The Labute approximate surface area is 113 Å². The number of aromatic nitrogens is 1. The van der Waals surface area contributed by atoms with E-state index in [-0.39, 0.29) is 0 Å². The molecule has 114 valence electrons. The Hall–Kier alpha value is -1.20. The maximum atomic E-state index is 12.8. The quantitative estimate of drug-likeness (QED) is 0.672. The second-order valence-electron chi connectivity index (χ2n) is 3.33. The van der Waals surface area contributed by atoms with E-state index in [1.807, 2.05) is 0 Å². The van der Waals surface area contributed by atoms with Gasteiger partial charge in [-0.1, -0.05) is 0 Å². The Kier molecular flexibility index (Phi) is 4.77. The molecule has 0 saturated carbocycles. The average Bonchev–Trinajstić information content (AvgIpc) is 2.23. The van der Waals surface area contributed by atoms with Crippen molar-refractivity contribution in [3.63, 3.8) is 0 Å². The van der Waals surface area contributed by atoms with Gasteiger partial charge in [0.1, 0.15) is 0 Å². The number of hydrogen-bond acceptors (Lipinski definition) is 5. The molecule has 1 heterocycles. The smallest absolute Gasteiger partial charge is 0.387 e. The van der Waals surface area contributed by atoms with E-state index in [2.05, 4.69) is 9.72 Å². The number of alkyl halides is 5. The zero-order chi connectivity index (χ0) is 15.7. The van der Waals surface area contributed by atoms with Gasteiger partial charge in [-0.2, -0.15) is 4.98 Å². The average molecular weight is 341 g/mol. The molecule has 0 bridgehead atoms. The number of halogens is 6. The van der Waals surface area contributed by atoms with E-state index in [4.69, 9.17) is 16.4 Å². The number of pyridine rings is 1. The van der Waals surface area contributed by atoms with Crippen molar-refractivity contribution in [1.82, 2.24) is 4.98 Å². The highest BCUT2D eigenvalue weighted by atomic mass is 35.7. The summed E-state index contributed by atoms with van der Waals surface area (Å²) in [6, 6.07) is 0.563. The molecule has 0 aliphatic rings. The molecule has 0 saturated heterocycles. The molecule has 0 atom stereocenters. The Morgan fingerprint density at radius 1 is 1.40 bits per heavy atom. The van der Waals surface area contributed by atoms with E-state index in [1.54, 1.807) is 0 Å². The highest BCUT2D eigenvalue weighted by Gasteiger charge is 2.36. The third-order valence-electron chi connectivity index (χ3n) is 1.99. The van der Waals surface area contributed by atoms with Crippen LogP contribution in [0.1, 0.15) is 17.6 Å². The van der Waals surface area contributed by atoms with Gasteiger partial charge in [-0.25, -0.2) is 17.2 Å². The summed E-state index contributed by atoms with van der Waals surface area (Å²) in [6.07, 6.45) is -8.73. The predicted molar refractivity (Wildman–Crippen MR) is 56.8 cm³/mol. The van der Waals surface area contributed by atoms with Crippen LogP contribution in [0.5, 0.6) is 5.88 Å². The van der Waals surface area contributed by atoms with Crippen molar-refractivity contribution in [3.8, 4) is 5.88 Å². The van der Waals surface area contributed by atoms with E-state index in [0.717, 1.165) is 0 Å². The predicted octanol–water partition coefficient (Wildman–Crippen LogP) is 2.30. The zero-order valence-corrected chi connectivity index (χ0v) is 10.9. The third-order valence-corrected chi connectivity index (χ3v) is 3.17. The molecule has 0 aliphatic carbocycles. The fraction of sp³-hybridized carbons (Fsp3) is 0.375. The lowest BCUT2D eigenvalue weighted by atomic mass is 10.1. The van der Waals surface area contributed by atoms with Crippen LogP contribution < -0.4 is 10.5 Å². The van der Waals surface area contributed by atoms with Crippen molar-refractivity contribution in [1.29, 1.82) is 0 Å². The molecule has 0 fully saturated rings. The van der Waals surface area contributed by atoms with E-state index in [1.165, 1.54) is 0 Å². The minimum absolute atomic E-state index is 0.563. The lowest BCUT2D eigenvalue weighted by Crippen LogP contribution is -2.21. The van der Waals surface area contributed by atoms with Crippen molar-refractivity contribution >= 4 is 19.7 Å². The van der Waals surface area contributed by atoms with E-state index >= 15 is 0 Å². The van der Waals surface area contributed by atoms with Crippen LogP contribution in [0.15, 0.2) is 11.1 Å². The van der Waals surface area contributed by atoms with Crippen LogP contribution >= 0.6 is 10.7 Å². The van der Waals surface area contributed by atoms with Crippen molar-refractivity contribution in [2.45, 2.75) is 24.4 Å². The standard InChI is InChI=1S/C8H6ClF5N2O3S/c9-20(17,18)4-1-3(2-15)5(6(10)11)7(16-4)19-8(12,13)14/h1,6H,2,15H2. The van der Waals surface area contributed by atoms with Crippen LogP contribution in [0.2, 0.25) is 0 Å². The first-order chi connectivity index (χ1) is 8.95. The monoisotopic (exact) mass is 340 g/mol. The van der Waals surface area contributed by atoms with E-state index in [0.29, 0.717) is 6.07 Å². The highest BCUT2D eigenvalue weighted by Crippen LogP contribution is 2.35. The first-order valence-corrected chi connectivity index (χ1v) is 6.99. The molecule has 0 spiro atoms.